The second-order valence-corrected chi connectivity index (χ2v) is 3.07. The van der Waals surface area contributed by atoms with Gasteiger partial charge in [-0.3, -0.25) is 0 Å². The Morgan fingerprint density at radius 2 is 2.15 bits per heavy atom. The van der Waals surface area contributed by atoms with E-state index in [0.29, 0.717) is 6.42 Å². The number of hydrogen-bond acceptors (Lipinski definition) is 2. The van der Waals surface area contributed by atoms with Crippen LogP contribution in [0.15, 0.2) is 24.3 Å². The van der Waals surface area contributed by atoms with Crippen molar-refractivity contribution in [1.29, 1.82) is 0 Å². The molecule has 1 atom stereocenters. The minimum atomic E-state index is 0.152. The van der Waals surface area contributed by atoms with Crippen LogP contribution in [-0.4, -0.2) is 11.4 Å². The van der Waals surface area contributed by atoms with Gasteiger partial charge in [-0.1, -0.05) is 25.1 Å². The summed E-state index contributed by atoms with van der Waals surface area (Å²) in [5.41, 5.74) is 0.872. The first-order valence-electron chi connectivity index (χ1n) is 4.51. The molecule has 0 heterocycles. The normalized spacial score (nSPS) is 12.4. The average molecular weight is 178 g/mol. The molecule has 2 heteroatoms. The lowest BCUT2D eigenvalue weighted by Crippen LogP contribution is -1.98. The van der Waals surface area contributed by atoms with Gasteiger partial charge in [0.1, 0.15) is 12.0 Å². The molecular formula is C11H14O2. The first kappa shape index (κ1) is 9.78. The molecule has 13 heavy (non-hydrogen) atoms. The third-order valence-electron chi connectivity index (χ3n) is 2.25. The van der Waals surface area contributed by atoms with E-state index in [4.69, 9.17) is 0 Å². The summed E-state index contributed by atoms with van der Waals surface area (Å²) < 4.78 is 0. The van der Waals surface area contributed by atoms with Crippen molar-refractivity contribution in [1.82, 2.24) is 0 Å². The van der Waals surface area contributed by atoms with Crippen molar-refractivity contribution in [2.45, 2.75) is 25.7 Å². The first-order valence-corrected chi connectivity index (χ1v) is 4.51. The molecule has 0 aliphatic rings. The molecule has 1 aromatic carbocycles. The summed E-state index contributed by atoms with van der Waals surface area (Å²) >= 11 is 0. The maximum absolute atomic E-state index is 10.4. The van der Waals surface area contributed by atoms with Crippen molar-refractivity contribution in [2.75, 3.05) is 0 Å². The molecule has 0 fully saturated rings. The zero-order valence-corrected chi connectivity index (χ0v) is 7.73. The first-order chi connectivity index (χ1) is 6.29. The van der Waals surface area contributed by atoms with Crippen LogP contribution in [0.4, 0.5) is 0 Å². The van der Waals surface area contributed by atoms with Crippen molar-refractivity contribution in [3.63, 3.8) is 0 Å². The van der Waals surface area contributed by atoms with Crippen molar-refractivity contribution in [2.24, 2.45) is 0 Å². The molecule has 0 aliphatic carbocycles. The van der Waals surface area contributed by atoms with Gasteiger partial charge in [0, 0.05) is 6.42 Å². The molecule has 0 saturated heterocycles. The molecule has 1 rings (SSSR count). The van der Waals surface area contributed by atoms with Crippen LogP contribution in [0, 0.1) is 0 Å². The maximum atomic E-state index is 10.4. The second kappa shape index (κ2) is 4.65. The molecule has 0 spiro atoms. The fraction of sp³-hybridized carbons (Fsp3) is 0.364. The average Bonchev–Trinajstić information content (AvgIpc) is 2.16. The Kier molecular flexibility index (Phi) is 3.50. The highest BCUT2D eigenvalue weighted by atomic mass is 16.3. The Morgan fingerprint density at radius 3 is 2.69 bits per heavy atom. The number of para-hydroxylation sites is 1. The van der Waals surface area contributed by atoms with E-state index in [0.717, 1.165) is 18.3 Å². The van der Waals surface area contributed by atoms with Gasteiger partial charge in [-0.15, -0.1) is 0 Å². The van der Waals surface area contributed by atoms with Gasteiger partial charge >= 0.3 is 0 Å². The van der Waals surface area contributed by atoms with Crippen molar-refractivity contribution in [3.8, 4) is 5.75 Å². The van der Waals surface area contributed by atoms with Crippen LogP contribution in [-0.2, 0) is 4.79 Å². The monoisotopic (exact) mass is 178 g/mol. The number of hydrogen-bond donors (Lipinski definition) is 1. The van der Waals surface area contributed by atoms with Crippen LogP contribution in [0.3, 0.4) is 0 Å². The highest BCUT2D eigenvalue weighted by Gasteiger charge is 2.11. The molecule has 0 radical (unpaired) electrons. The molecule has 2 nitrogen and oxygen atoms in total. The topological polar surface area (TPSA) is 37.3 Å². The van der Waals surface area contributed by atoms with Gasteiger partial charge in [0.25, 0.3) is 0 Å². The molecule has 70 valence electrons. The van der Waals surface area contributed by atoms with Crippen LogP contribution in [0.1, 0.15) is 31.2 Å². The molecule has 1 unspecified atom stereocenters. The van der Waals surface area contributed by atoms with Crippen LogP contribution in [0.5, 0.6) is 5.75 Å². The van der Waals surface area contributed by atoms with Gasteiger partial charge in [-0.05, 0) is 24.0 Å². The molecule has 0 aliphatic heterocycles. The summed E-state index contributed by atoms with van der Waals surface area (Å²) in [5.74, 6) is 0.440. The molecule has 0 amide bonds. The molecule has 1 N–H and O–H groups in total. The smallest absolute Gasteiger partial charge is 0.120 e. The minimum Gasteiger partial charge on any atom is -0.508 e. The van der Waals surface area contributed by atoms with Gasteiger partial charge in [0.15, 0.2) is 0 Å². The van der Waals surface area contributed by atoms with E-state index in [1.807, 2.05) is 19.1 Å². The highest BCUT2D eigenvalue weighted by Crippen LogP contribution is 2.29. The van der Waals surface area contributed by atoms with Gasteiger partial charge in [-0.2, -0.15) is 0 Å². The Labute approximate surface area is 78.2 Å². The number of phenolic OH excluding ortho intramolecular Hbond substituents is 1. The molecule has 0 saturated carbocycles. The summed E-state index contributed by atoms with van der Waals surface area (Å²) in [6, 6.07) is 7.19. The van der Waals surface area contributed by atoms with Crippen LogP contribution in [0.25, 0.3) is 0 Å². The third kappa shape index (κ3) is 2.31. The summed E-state index contributed by atoms with van der Waals surface area (Å²) in [7, 11) is 0. The SMILES string of the molecule is CCC(CC=O)c1ccccc1O. The largest absolute Gasteiger partial charge is 0.508 e. The number of phenols is 1. The quantitative estimate of drug-likeness (QED) is 0.719. The lowest BCUT2D eigenvalue weighted by molar-refractivity contribution is -0.108. The second-order valence-electron chi connectivity index (χ2n) is 3.07. The summed E-state index contributed by atoms with van der Waals surface area (Å²) in [6.45, 7) is 2.01. The maximum Gasteiger partial charge on any atom is 0.120 e. The summed E-state index contributed by atoms with van der Waals surface area (Å²) in [4.78, 5) is 10.4. The van der Waals surface area contributed by atoms with E-state index in [9.17, 15) is 9.90 Å². The van der Waals surface area contributed by atoms with E-state index in [1.165, 1.54) is 0 Å². The summed E-state index contributed by atoms with van der Waals surface area (Å²) in [5, 5.41) is 9.52. The predicted octanol–water partition coefficient (Wildman–Crippen LogP) is 2.47. The highest BCUT2D eigenvalue weighted by molar-refractivity contribution is 5.52. The number of rotatable bonds is 4. The molecule has 0 bridgehead atoms. The van der Waals surface area contributed by atoms with Crippen LogP contribution >= 0.6 is 0 Å². The number of carbonyl (C=O) groups is 1. The molecular weight excluding hydrogens is 164 g/mol. The van der Waals surface area contributed by atoms with Gasteiger partial charge < -0.3 is 9.90 Å². The van der Waals surface area contributed by atoms with Crippen LogP contribution in [0.2, 0.25) is 0 Å². The van der Waals surface area contributed by atoms with Crippen molar-refractivity contribution in [3.05, 3.63) is 29.8 Å². The zero-order valence-electron chi connectivity index (χ0n) is 7.73. The Bertz CT molecular complexity index is 281. The fourth-order valence-corrected chi connectivity index (χ4v) is 1.46. The Balaban J connectivity index is 2.90. The van der Waals surface area contributed by atoms with E-state index in [-0.39, 0.29) is 11.7 Å². The number of benzene rings is 1. The van der Waals surface area contributed by atoms with E-state index in [2.05, 4.69) is 0 Å². The summed E-state index contributed by atoms with van der Waals surface area (Å²) in [6.07, 6.45) is 2.25. The van der Waals surface area contributed by atoms with Gasteiger partial charge in [0.2, 0.25) is 0 Å². The molecule has 0 aromatic heterocycles. The van der Waals surface area contributed by atoms with Crippen molar-refractivity contribution < 1.29 is 9.90 Å². The van der Waals surface area contributed by atoms with Crippen molar-refractivity contribution >= 4 is 6.29 Å². The minimum absolute atomic E-state index is 0.152. The standard InChI is InChI=1S/C11H14O2/c1-2-9(7-8-12)10-5-3-4-6-11(10)13/h3-6,8-9,13H,2,7H2,1H3. The lowest BCUT2D eigenvalue weighted by Gasteiger charge is -2.12. The Hall–Kier alpha value is -1.31. The van der Waals surface area contributed by atoms with Gasteiger partial charge in [-0.25, -0.2) is 0 Å². The number of aromatic hydroxyl groups is 1. The van der Waals surface area contributed by atoms with Gasteiger partial charge in [0.05, 0.1) is 0 Å². The fourth-order valence-electron chi connectivity index (χ4n) is 1.46. The van der Waals surface area contributed by atoms with E-state index in [1.54, 1.807) is 12.1 Å². The third-order valence-corrected chi connectivity index (χ3v) is 2.25. The van der Waals surface area contributed by atoms with E-state index < -0.39 is 0 Å². The predicted molar refractivity (Wildman–Crippen MR) is 51.8 cm³/mol. The molecule has 1 aromatic rings. The number of carbonyl (C=O) groups excluding carboxylic acids is 1. The lowest BCUT2D eigenvalue weighted by atomic mass is 9.93. The zero-order chi connectivity index (χ0) is 9.68. The Morgan fingerprint density at radius 1 is 1.46 bits per heavy atom. The number of aldehydes is 1. The van der Waals surface area contributed by atoms with E-state index >= 15 is 0 Å². The van der Waals surface area contributed by atoms with Crippen LogP contribution < -0.4 is 0 Å².